The van der Waals surface area contributed by atoms with Crippen LogP contribution in [0.4, 0.5) is 5.69 Å². The number of fused-ring (bicyclic) bond motifs is 1. The quantitative estimate of drug-likeness (QED) is 0.779. The Balaban J connectivity index is 1.94. The molecule has 1 aromatic heterocycles. The lowest BCUT2D eigenvalue weighted by atomic mass is 10.1. The predicted molar refractivity (Wildman–Crippen MR) is 73.9 cm³/mol. The Kier molecular flexibility index (Phi) is 3.02. The summed E-state index contributed by atoms with van der Waals surface area (Å²) in [6.45, 7) is 2.14. The zero-order chi connectivity index (χ0) is 14.1. The number of rotatable bonds is 2. The summed E-state index contributed by atoms with van der Waals surface area (Å²) < 4.78 is 0. The Labute approximate surface area is 116 Å². The molecule has 0 aliphatic carbocycles. The van der Waals surface area contributed by atoms with Gasteiger partial charge in [0.25, 0.3) is 5.91 Å². The molecule has 0 spiro atoms. The van der Waals surface area contributed by atoms with Gasteiger partial charge in [-0.2, -0.15) is 0 Å². The first-order valence-electron chi connectivity index (χ1n) is 6.38. The largest absolute Gasteiger partial charge is 0.306 e. The topological polar surface area (TPSA) is 63.2 Å². The van der Waals surface area contributed by atoms with E-state index in [1.54, 1.807) is 17.9 Å². The predicted octanol–water partition coefficient (Wildman–Crippen LogP) is 1.88. The van der Waals surface area contributed by atoms with Crippen LogP contribution in [0.5, 0.6) is 0 Å². The molecule has 0 saturated heterocycles. The molecule has 2 aromatic rings. The number of nitrogens with zero attached hydrogens (tertiary/aromatic N) is 3. The Hall–Kier alpha value is -2.56. The summed E-state index contributed by atoms with van der Waals surface area (Å²) in [7, 11) is 0. The second-order valence-corrected chi connectivity index (χ2v) is 4.70. The minimum Gasteiger partial charge on any atom is -0.306 e. The fraction of sp³-hybridized carbons (Fsp3) is 0.200. The van der Waals surface area contributed by atoms with Crippen molar-refractivity contribution in [2.24, 2.45) is 0 Å². The number of hydrogen-bond acceptors (Lipinski definition) is 4. The molecular weight excluding hydrogens is 254 g/mol. The second kappa shape index (κ2) is 4.85. The van der Waals surface area contributed by atoms with E-state index >= 15 is 0 Å². The van der Waals surface area contributed by atoms with Crippen molar-refractivity contribution in [1.29, 1.82) is 0 Å². The summed E-state index contributed by atoms with van der Waals surface area (Å²) in [6.07, 6.45) is 5.25. The Bertz CT molecular complexity index is 683. The minimum atomic E-state index is -0.160. The lowest BCUT2D eigenvalue weighted by Crippen LogP contribution is -2.29. The van der Waals surface area contributed by atoms with E-state index < -0.39 is 0 Å². The van der Waals surface area contributed by atoms with Crippen molar-refractivity contribution < 1.29 is 9.59 Å². The molecule has 0 radical (unpaired) electrons. The Morgan fingerprint density at radius 3 is 2.80 bits per heavy atom. The van der Waals surface area contributed by atoms with E-state index in [2.05, 4.69) is 9.97 Å². The molecule has 1 amide bonds. The van der Waals surface area contributed by atoms with Crippen LogP contribution in [-0.2, 0) is 6.42 Å². The van der Waals surface area contributed by atoms with Crippen LogP contribution in [0, 0.1) is 0 Å². The summed E-state index contributed by atoms with van der Waals surface area (Å²) in [5.41, 5.74) is 2.88. The third-order valence-corrected chi connectivity index (χ3v) is 3.41. The fourth-order valence-corrected chi connectivity index (χ4v) is 2.38. The number of carbonyl (C=O) groups excluding carboxylic acids is 2. The van der Waals surface area contributed by atoms with Gasteiger partial charge in [-0.1, -0.05) is 0 Å². The lowest BCUT2D eigenvalue weighted by molar-refractivity contribution is 0.0982. The van der Waals surface area contributed by atoms with Gasteiger partial charge in [0.15, 0.2) is 5.78 Å². The molecule has 20 heavy (non-hydrogen) atoms. The van der Waals surface area contributed by atoms with Crippen molar-refractivity contribution in [3.8, 4) is 0 Å². The third-order valence-electron chi connectivity index (χ3n) is 3.41. The van der Waals surface area contributed by atoms with E-state index in [0.29, 0.717) is 17.8 Å². The van der Waals surface area contributed by atoms with Crippen LogP contribution in [0.3, 0.4) is 0 Å². The summed E-state index contributed by atoms with van der Waals surface area (Å²) in [5.74, 6) is -0.126. The van der Waals surface area contributed by atoms with Gasteiger partial charge >= 0.3 is 0 Å². The lowest BCUT2D eigenvalue weighted by Gasteiger charge is -2.16. The fourth-order valence-electron chi connectivity index (χ4n) is 2.38. The van der Waals surface area contributed by atoms with E-state index in [4.69, 9.17) is 0 Å². The van der Waals surface area contributed by atoms with Crippen molar-refractivity contribution in [2.45, 2.75) is 13.3 Å². The molecule has 0 atom stereocenters. The van der Waals surface area contributed by atoms with Crippen LogP contribution in [0.15, 0.2) is 36.8 Å². The first-order chi connectivity index (χ1) is 9.66. The van der Waals surface area contributed by atoms with E-state index in [1.165, 1.54) is 18.6 Å². The molecule has 0 saturated carbocycles. The number of carbonyl (C=O) groups is 2. The number of benzene rings is 1. The van der Waals surface area contributed by atoms with E-state index in [9.17, 15) is 9.59 Å². The second-order valence-electron chi connectivity index (χ2n) is 4.70. The molecule has 2 heterocycles. The highest BCUT2D eigenvalue weighted by Crippen LogP contribution is 2.29. The SMILES string of the molecule is CC(=O)c1ccc2c(c1)CCN2C(=O)c1cnccn1. The van der Waals surface area contributed by atoms with Crippen molar-refractivity contribution in [2.75, 3.05) is 11.4 Å². The molecule has 5 nitrogen and oxygen atoms in total. The number of aromatic nitrogens is 2. The molecule has 0 N–H and O–H groups in total. The van der Waals surface area contributed by atoms with Gasteiger partial charge in [0, 0.05) is 30.2 Å². The van der Waals surface area contributed by atoms with E-state index in [-0.39, 0.29) is 11.7 Å². The van der Waals surface area contributed by atoms with Gasteiger partial charge in [-0.3, -0.25) is 14.6 Å². The van der Waals surface area contributed by atoms with Crippen LogP contribution in [-0.4, -0.2) is 28.2 Å². The normalized spacial score (nSPS) is 13.2. The number of hydrogen-bond donors (Lipinski definition) is 0. The van der Waals surface area contributed by atoms with Gasteiger partial charge in [-0.15, -0.1) is 0 Å². The molecule has 3 rings (SSSR count). The van der Waals surface area contributed by atoms with Gasteiger partial charge in [0.05, 0.1) is 6.20 Å². The average Bonchev–Trinajstić information content (AvgIpc) is 2.90. The van der Waals surface area contributed by atoms with Crippen LogP contribution < -0.4 is 4.90 Å². The van der Waals surface area contributed by atoms with Gasteiger partial charge < -0.3 is 4.90 Å². The van der Waals surface area contributed by atoms with Gasteiger partial charge in [0.1, 0.15) is 5.69 Å². The van der Waals surface area contributed by atoms with Crippen LogP contribution in [0.1, 0.15) is 33.3 Å². The summed E-state index contributed by atoms with van der Waals surface area (Å²) in [5, 5.41) is 0. The van der Waals surface area contributed by atoms with Gasteiger partial charge in [-0.05, 0) is 37.1 Å². The van der Waals surface area contributed by atoms with Crippen molar-refractivity contribution in [3.05, 3.63) is 53.6 Å². The summed E-state index contributed by atoms with van der Waals surface area (Å²) in [6, 6.07) is 5.44. The maximum Gasteiger partial charge on any atom is 0.278 e. The summed E-state index contributed by atoms with van der Waals surface area (Å²) in [4.78, 5) is 33.4. The number of amides is 1. The van der Waals surface area contributed by atoms with E-state index in [0.717, 1.165) is 17.7 Å². The smallest absolute Gasteiger partial charge is 0.278 e. The first-order valence-corrected chi connectivity index (χ1v) is 6.38. The van der Waals surface area contributed by atoms with Crippen LogP contribution in [0.25, 0.3) is 0 Å². The molecule has 1 aliphatic rings. The summed E-state index contributed by atoms with van der Waals surface area (Å²) >= 11 is 0. The van der Waals surface area contributed by atoms with Crippen molar-refractivity contribution >= 4 is 17.4 Å². The monoisotopic (exact) mass is 267 g/mol. The molecule has 100 valence electrons. The molecule has 5 heteroatoms. The molecule has 0 bridgehead atoms. The number of Topliss-reactive ketones (excluding diaryl/α,β-unsaturated/α-hetero) is 1. The zero-order valence-electron chi connectivity index (χ0n) is 11.0. The zero-order valence-corrected chi connectivity index (χ0v) is 11.0. The van der Waals surface area contributed by atoms with Gasteiger partial charge in [-0.25, -0.2) is 4.98 Å². The molecular formula is C15H13N3O2. The highest BCUT2D eigenvalue weighted by Gasteiger charge is 2.26. The first kappa shape index (κ1) is 12.5. The molecule has 0 unspecified atom stereocenters. The maximum absolute atomic E-state index is 12.4. The van der Waals surface area contributed by atoms with Crippen LogP contribution in [0.2, 0.25) is 0 Å². The van der Waals surface area contributed by atoms with Crippen LogP contribution >= 0.6 is 0 Å². The standard InChI is InChI=1S/C15H13N3O2/c1-10(19)11-2-3-14-12(8-11)4-7-18(14)15(20)13-9-16-5-6-17-13/h2-3,5-6,8-9H,4,7H2,1H3. The number of ketones is 1. The maximum atomic E-state index is 12.4. The Morgan fingerprint density at radius 2 is 2.10 bits per heavy atom. The molecule has 0 fully saturated rings. The molecule has 1 aromatic carbocycles. The highest BCUT2D eigenvalue weighted by molar-refractivity contribution is 6.06. The Morgan fingerprint density at radius 1 is 1.25 bits per heavy atom. The van der Waals surface area contributed by atoms with E-state index in [1.807, 2.05) is 12.1 Å². The number of anilines is 1. The van der Waals surface area contributed by atoms with Gasteiger partial charge in [0.2, 0.25) is 0 Å². The van der Waals surface area contributed by atoms with Crippen molar-refractivity contribution in [1.82, 2.24) is 9.97 Å². The minimum absolute atomic E-state index is 0.0338. The third kappa shape index (κ3) is 2.07. The highest BCUT2D eigenvalue weighted by atomic mass is 16.2. The average molecular weight is 267 g/mol. The molecule has 1 aliphatic heterocycles. The van der Waals surface area contributed by atoms with Crippen molar-refractivity contribution in [3.63, 3.8) is 0 Å².